The number of amides is 1. The molecule has 1 N–H and O–H groups in total. The summed E-state index contributed by atoms with van der Waals surface area (Å²) in [5.41, 5.74) is 1.50. The Bertz CT molecular complexity index is 390. The number of carbonyl (C=O) groups is 1. The summed E-state index contributed by atoms with van der Waals surface area (Å²) in [7, 11) is 0. The molecule has 1 aromatic carbocycles. The van der Waals surface area contributed by atoms with Gasteiger partial charge in [0, 0.05) is 10.9 Å². The van der Waals surface area contributed by atoms with Crippen molar-refractivity contribution in [3.63, 3.8) is 0 Å². The van der Waals surface area contributed by atoms with Crippen LogP contribution >= 0.6 is 11.8 Å². The van der Waals surface area contributed by atoms with Crippen LogP contribution in [-0.4, -0.2) is 17.7 Å². The number of rotatable bonds is 4. The Morgan fingerprint density at radius 2 is 1.78 bits per heavy atom. The van der Waals surface area contributed by atoms with Gasteiger partial charge in [-0.05, 0) is 37.0 Å². The van der Waals surface area contributed by atoms with E-state index in [1.54, 1.807) is 11.8 Å². The maximum atomic E-state index is 11.5. The Morgan fingerprint density at radius 3 is 2.22 bits per heavy atom. The second kappa shape index (κ2) is 6.28. The van der Waals surface area contributed by atoms with E-state index in [9.17, 15) is 4.79 Å². The van der Waals surface area contributed by atoms with Gasteiger partial charge >= 0.3 is 0 Å². The fourth-order valence-electron chi connectivity index (χ4n) is 1.56. The highest BCUT2D eigenvalue weighted by Gasteiger charge is 2.13. The molecule has 0 atom stereocenters. The molecule has 0 fully saturated rings. The lowest BCUT2D eigenvalue weighted by Gasteiger charge is -2.19. The van der Waals surface area contributed by atoms with E-state index in [-0.39, 0.29) is 17.4 Å². The van der Waals surface area contributed by atoms with Gasteiger partial charge in [0.1, 0.15) is 0 Å². The van der Waals surface area contributed by atoms with Gasteiger partial charge in [-0.2, -0.15) is 0 Å². The fourth-order valence-corrected chi connectivity index (χ4v) is 2.27. The first-order chi connectivity index (χ1) is 8.29. The molecule has 0 heterocycles. The Balaban J connectivity index is 2.52. The van der Waals surface area contributed by atoms with Crippen molar-refractivity contribution < 1.29 is 4.79 Å². The van der Waals surface area contributed by atoms with Crippen molar-refractivity contribution in [1.29, 1.82) is 0 Å². The molecule has 0 bridgehead atoms. The van der Waals surface area contributed by atoms with Crippen LogP contribution in [0.5, 0.6) is 0 Å². The molecule has 0 spiro atoms. The van der Waals surface area contributed by atoms with Crippen molar-refractivity contribution in [3.05, 3.63) is 29.8 Å². The van der Waals surface area contributed by atoms with E-state index >= 15 is 0 Å². The molecular formula is C15H23NOS. The summed E-state index contributed by atoms with van der Waals surface area (Å²) in [4.78, 5) is 12.7. The molecule has 1 amide bonds. The van der Waals surface area contributed by atoms with E-state index in [4.69, 9.17) is 0 Å². The summed E-state index contributed by atoms with van der Waals surface area (Å²) >= 11 is 1.58. The molecule has 1 rings (SSSR count). The minimum absolute atomic E-state index is 0.0925. The minimum atomic E-state index is 0.0925. The van der Waals surface area contributed by atoms with E-state index in [0.29, 0.717) is 5.75 Å². The number of hydrogen-bond donors (Lipinski definition) is 1. The second-order valence-corrected chi connectivity index (χ2v) is 6.83. The zero-order valence-electron chi connectivity index (χ0n) is 11.9. The minimum Gasteiger partial charge on any atom is -0.353 e. The van der Waals surface area contributed by atoms with Gasteiger partial charge in [0.25, 0.3) is 0 Å². The number of carbonyl (C=O) groups excluding carboxylic acids is 1. The van der Waals surface area contributed by atoms with Gasteiger partial charge in [0.05, 0.1) is 5.75 Å². The monoisotopic (exact) mass is 265 g/mol. The van der Waals surface area contributed by atoms with Crippen LogP contribution in [0, 0.1) is 0 Å². The van der Waals surface area contributed by atoms with Crippen molar-refractivity contribution in [2.45, 2.75) is 51.0 Å². The Morgan fingerprint density at radius 1 is 1.22 bits per heavy atom. The number of hydrogen-bond acceptors (Lipinski definition) is 2. The van der Waals surface area contributed by atoms with E-state index in [2.05, 4.69) is 50.4 Å². The largest absolute Gasteiger partial charge is 0.353 e. The Labute approximate surface area is 115 Å². The predicted octanol–water partition coefficient (Wildman–Crippen LogP) is 3.60. The van der Waals surface area contributed by atoms with E-state index in [0.717, 1.165) is 4.90 Å². The van der Waals surface area contributed by atoms with Crippen molar-refractivity contribution in [2.24, 2.45) is 0 Å². The summed E-state index contributed by atoms with van der Waals surface area (Å²) < 4.78 is 0. The van der Waals surface area contributed by atoms with Crippen LogP contribution in [0.3, 0.4) is 0 Å². The fraction of sp³-hybridized carbons (Fsp3) is 0.533. The van der Waals surface area contributed by atoms with Crippen molar-refractivity contribution in [2.75, 3.05) is 5.75 Å². The zero-order valence-corrected chi connectivity index (χ0v) is 12.7. The molecule has 0 aliphatic heterocycles. The van der Waals surface area contributed by atoms with Crippen LogP contribution < -0.4 is 5.32 Å². The predicted molar refractivity (Wildman–Crippen MR) is 79.1 cm³/mol. The molecule has 0 aromatic heterocycles. The van der Waals surface area contributed by atoms with Crippen molar-refractivity contribution >= 4 is 17.7 Å². The molecule has 3 heteroatoms. The molecule has 2 nitrogen and oxygen atoms in total. The van der Waals surface area contributed by atoms with E-state index in [1.165, 1.54) is 5.56 Å². The maximum Gasteiger partial charge on any atom is 0.230 e. The summed E-state index contributed by atoms with van der Waals surface area (Å²) in [6.07, 6.45) is 0. The van der Waals surface area contributed by atoms with Gasteiger partial charge in [-0.1, -0.05) is 32.9 Å². The Hall–Kier alpha value is -0.960. The normalized spacial score (nSPS) is 11.7. The van der Waals surface area contributed by atoms with Gasteiger partial charge in [0.2, 0.25) is 5.91 Å². The van der Waals surface area contributed by atoms with Gasteiger partial charge in [-0.3, -0.25) is 4.79 Å². The average Bonchev–Trinajstić information content (AvgIpc) is 2.25. The summed E-state index contributed by atoms with van der Waals surface area (Å²) in [6, 6.07) is 8.68. The quantitative estimate of drug-likeness (QED) is 0.843. The maximum absolute atomic E-state index is 11.5. The molecule has 0 aliphatic carbocycles. The van der Waals surface area contributed by atoms with Crippen LogP contribution in [0.25, 0.3) is 0 Å². The molecule has 0 saturated carbocycles. The lowest BCUT2D eigenvalue weighted by molar-refractivity contribution is -0.119. The summed E-state index contributed by atoms with van der Waals surface area (Å²) in [5, 5.41) is 2.89. The molecule has 0 saturated heterocycles. The zero-order chi connectivity index (χ0) is 13.8. The molecule has 100 valence electrons. The highest BCUT2D eigenvalue weighted by atomic mass is 32.2. The first-order valence-corrected chi connectivity index (χ1v) is 7.30. The summed E-state index contributed by atoms with van der Waals surface area (Å²) in [6.45, 7) is 10.5. The van der Waals surface area contributed by atoms with Crippen molar-refractivity contribution in [3.8, 4) is 0 Å². The lowest BCUT2D eigenvalue weighted by atomic mass is 9.87. The average molecular weight is 265 g/mol. The third-order valence-corrected chi connectivity index (χ3v) is 3.55. The number of nitrogens with one attached hydrogen (secondary N) is 1. The van der Waals surface area contributed by atoms with E-state index < -0.39 is 0 Å². The first-order valence-electron chi connectivity index (χ1n) is 6.32. The topological polar surface area (TPSA) is 29.1 Å². The van der Waals surface area contributed by atoms with Crippen LogP contribution in [-0.2, 0) is 10.2 Å². The van der Waals surface area contributed by atoms with Crippen LogP contribution in [0.2, 0.25) is 0 Å². The molecule has 1 aromatic rings. The highest BCUT2D eigenvalue weighted by molar-refractivity contribution is 8.00. The van der Waals surface area contributed by atoms with E-state index in [1.807, 2.05) is 13.8 Å². The van der Waals surface area contributed by atoms with Gasteiger partial charge in [-0.25, -0.2) is 0 Å². The third-order valence-electron chi connectivity index (χ3n) is 2.54. The van der Waals surface area contributed by atoms with Gasteiger partial charge < -0.3 is 5.32 Å². The molecular weight excluding hydrogens is 242 g/mol. The smallest absolute Gasteiger partial charge is 0.230 e. The second-order valence-electron chi connectivity index (χ2n) is 5.79. The number of thioether (sulfide) groups is 1. The third kappa shape index (κ3) is 5.13. The van der Waals surface area contributed by atoms with Crippen molar-refractivity contribution in [1.82, 2.24) is 5.32 Å². The molecule has 0 aliphatic rings. The summed E-state index contributed by atoms with van der Waals surface area (Å²) in [5.74, 6) is 0.572. The van der Waals surface area contributed by atoms with Crippen LogP contribution in [0.4, 0.5) is 0 Å². The SMILES string of the molecule is CC(C)NC(=O)CSc1ccc(C(C)(C)C)cc1. The molecule has 18 heavy (non-hydrogen) atoms. The first kappa shape index (κ1) is 15.1. The van der Waals surface area contributed by atoms with Crippen LogP contribution in [0.15, 0.2) is 29.2 Å². The van der Waals surface area contributed by atoms with Gasteiger partial charge in [-0.15, -0.1) is 11.8 Å². The van der Waals surface area contributed by atoms with Crippen LogP contribution in [0.1, 0.15) is 40.2 Å². The molecule has 0 radical (unpaired) electrons. The number of benzene rings is 1. The Kier molecular flexibility index (Phi) is 5.27. The lowest BCUT2D eigenvalue weighted by Crippen LogP contribution is -2.31. The van der Waals surface area contributed by atoms with Gasteiger partial charge in [0.15, 0.2) is 0 Å². The standard InChI is InChI=1S/C15H23NOS/c1-11(2)16-14(17)10-18-13-8-6-12(7-9-13)15(3,4)5/h6-9,11H,10H2,1-5H3,(H,16,17). The highest BCUT2D eigenvalue weighted by Crippen LogP contribution is 2.25. The molecule has 0 unspecified atom stereocenters.